The van der Waals surface area contributed by atoms with Gasteiger partial charge in [-0.05, 0) is 76.8 Å². The molecular weight excluding hydrogens is 465 g/mol. The third-order valence-corrected chi connectivity index (χ3v) is 5.43. The second-order valence-corrected chi connectivity index (χ2v) is 8.01. The minimum atomic E-state index is -0.391. The van der Waals surface area contributed by atoms with Gasteiger partial charge in [-0.3, -0.25) is 9.59 Å². The van der Waals surface area contributed by atoms with Crippen molar-refractivity contribution < 1.29 is 18.7 Å². The molecule has 1 fully saturated rings. The number of halogens is 2. The number of anilines is 1. The summed E-state index contributed by atoms with van der Waals surface area (Å²) in [5.74, 6) is -0.718. The predicted molar refractivity (Wildman–Crippen MR) is 119 cm³/mol. The Hall–Kier alpha value is -3.18. The zero-order chi connectivity index (χ0) is 22.2. The lowest BCUT2D eigenvalue weighted by molar-refractivity contribution is -0.118. The van der Waals surface area contributed by atoms with Crippen LogP contribution in [-0.2, 0) is 9.59 Å². The highest BCUT2D eigenvalue weighted by Crippen LogP contribution is 2.27. The van der Waals surface area contributed by atoms with Crippen molar-refractivity contribution in [2.45, 2.75) is 31.7 Å². The van der Waals surface area contributed by atoms with Crippen molar-refractivity contribution in [1.29, 1.82) is 5.26 Å². The van der Waals surface area contributed by atoms with Gasteiger partial charge in [-0.2, -0.15) is 5.26 Å². The topological polar surface area (TPSA) is 91.2 Å². The molecule has 2 aromatic rings. The Morgan fingerprint density at radius 1 is 1.19 bits per heavy atom. The van der Waals surface area contributed by atoms with Gasteiger partial charge in [-0.15, -0.1) is 0 Å². The van der Waals surface area contributed by atoms with Crippen molar-refractivity contribution in [2.24, 2.45) is 0 Å². The van der Waals surface area contributed by atoms with Crippen molar-refractivity contribution in [1.82, 2.24) is 5.32 Å². The monoisotopic (exact) mass is 485 g/mol. The van der Waals surface area contributed by atoms with Crippen molar-refractivity contribution in [3.63, 3.8) is 0 Å². The average Bonchev–Trinajstić information content (AvgIpc) is 3.26. The van der Waals surface area contributed by atoms with E-state index in [4.69, 9.17) is 4.74 Å². The van der Waals surface area contributed by atoms with Crippen LogP contribution in [0.5, 0.6) is 5.75 Å². The number of rotatable bonds is 7. The highest BCUT2D eigenvalue weighted by atomic mass is 79.9. The lowest BCUT2D eigenvalue weighted by Gasteiger charge is -2.11. The molecule has 0 unspecified atom stereocenters. The molecule has 8 heteroatoms. The number of hydrogen-bond acceptors (Lipinski definition) is 4. The van der Waals surface area contributed by atoms with E-state index in [1.807, 2.05) is 6.07 Å². The van der Waals surface area contributed by atoms with E-state index in [0.717, 1.165) is 25.7 Å². The van der Waals surface area contributed by atoms with E-state index < -0.39 is 5.91 Å². The summed E-state index contributed by atoms with van der Waals surface area (Å²) >= 11 is 3.38. The van der Waals surface area contributed by atoms with Crippen molar-refractivity contribution in [2.75, 3.05) is 11.9 Å². The van der Waals surface area contributed by atoms with E-state index >= 15 is 0 Å². The molecule has 0 radical (unpaired) electrons. The van der Waals surface area contributed by atoms with Crippen LogP contribution in [0.4, 0.5) is 10.1 Å². The number of nitrogens with one attached hydrogen (secondary N) is 2. The first-order chi connectivity index (χ1) is 14.9. The molecule has 31 heavy (non-hydrogen) atoms. The third kappa shape index (κ3) is 6.66. The summed E-state index contributed by atoms with van der Waals surface area (Å²) in [6, 6.07) is 12.5. The molecule has 0 atom stereocenters. The Morgan fingerprint density at radius 3 is 2.55 bits per heavy atom. The first-order valence-electron chi connectivity index (χ1n) is 9.85. The molecule has 1 aliphatic carbocycles. The summed E-state index contributed by atoms with van der Waals surface area (Å²) in [6.45, 7) is -0.238. The van der Waals surface area contributed by atoms with Gasteiger partial charge >= 0.3 is 0 Å². The number of nitrogens with zero attached hydrogens (tertiary/aromatic N) is 1. The predicted octanol–water partition coefficient (Wildman–Crippen LogP) is 4.57. The molecule has 0 heterocycles. The second kappa shape index (κ2) is 10.7. The number of hydrogen-bond donors (Lipinski definition) is 2. The van der Waals surface area contributed by atoms with Gasteiger partial charge < -0.3 is 15.4 Å². The molecule has 2 N–H and O–H groups in total. The van der Waals surface area contributed by atoms with Crippen LogP contribution in [0.25, 0.3) is 6.08 Å². The van der Waals surface area contributed by atoms with Crippen molar-refractivity contribution in [3.05, 3.63) is 63.9 Å². The summed E-state index contributed by atoms with van der Waals surface area (Å²) in [6.07, 6.45) is 5.58. The SMILES string of the molecule is N#C/C(=C/c1ccc(OCC(=O)Nc2ccc(F)cc2)c(Br)c1)C(=O)NC1CCCC1. The number of carbonyl (C=O) groups is 2. The van der Waals surface area contributed by atoms with Gasteiger partial charge in [0.1, 0.15) is 23.2 Å². The number of ether oxygens (including phenoxy) is 1. The largest absolute Gasteiger partial charge is 0.483 e. The summed E-state index contributed by atoms with van der Waals surface area (Å²) in [5, 5.41) is 14.9. The van der Waals surface area contributed by atoms with Gasteiger partial charge in [0.15, 0.2) is 6.61 Å². The molecule has 160 valence electrons. The van der Waals surface area contributed by atoms with Crippen LogP contribution < -0.4 is 15.4 Å². The Morgan fingerprint density at radius 2 is 1.90 bits per heavy atom. The van der Waals surface area contributed by atoms with Crippen molar-refractivity contribution in [3.8, 4) is 11.8 Å². The first kappa shape index (κ1) is 22.5. The molecule has 3 rings (SSSR count). The highest BCUT2D eigenvalue weighted by molar-refractivity contribution is 9.10. The van der Waals surface area contributed by atoms with Crippen LogP contribution in [0, 0.1) is 17.1 Å². The molecular formula is C23H21BrFN3O3. The van der Waals surface area contributed by atoms with Gasteiger partial charge in [0, 0.05) is 11.7 Å². The molecule has 1 aliphatic rings. The fourth-order valence-electron chi connectivity index (χ4n) is 3.25. The van der Waals surface area contributed by atoms with E-state index in [9.17, 15) is 19.2 Å². The van der Waals surface area contributed by atoms with Crippen LogP contribution in [0.2, 0.25) is 0 Å². The molecule has 1 saturated carbocycles. The molecule has 6 nitrogen and oxygen atoms in total. The normalized spacial score (nSPS) is 14.0. The Balaban J connectivity index is 1.58. The molecule has 0 saturated heterocycles. The van der Waals surface area contributed by atoms with Crippen LogP contribution in [0.15, 0.2) is 52.5 Å². The molecule has 0 aromatic heterocycles. The Bertz CT molecular complexity index is 1030. The first-order valence-corrected chi connectivity index (χ1v) is 10.6. The number of benzene rings is 2. The van der Waals surface area contributed by atoms with E-state index in [-0.39, 0.29) is 29.9 Å². The zero-order valence-electron chi connectivity index (χ0n) is 16.7. The Labute approximate surface area is 188 Å². The lowest BCUT2D eigenvalue weighted by atomic mass is 10.1. The lowest BCUT2D eigenvalue weighted by Crippen LogP contribution is -2.33. The fourth-order valence-corrected chi connectivity index (χ4v) is 3.76. The number of nitriles is 1. The Kier molecular flexibility index (Phi) is 7.79. The van der Waals surface area contributed by atoms with Crippen LogP contribution in [0.1, 0.15) is 31.2 Å². The highest BCUT2D eigenvalue weighted by Gasteiger charge is 2.19. The van der Waals surface area contributed by atoms with E-state index in [1.165, 1.54) is 30.3 Å². The summed E-state index contributed by atoms with van der Waals surface area (Å²) in [7, 11) is 0. The minimum absolute atomic E-state index is 0.0335. The molecule has 0 aliphatic heterocycles. The zero-order valence-corrected chi connectivity index (χ0v) is 18.2. The second-order valence-electron chi connectivity index (χ2n) is 7.16. The van der Waals surface area contributed by atoms with Gasteiger partial charge in [-0.1, -0.05) is 18.9 Å². The smallest absolute Gasteiger partial charge is 0.262 e. The number of amides is 2. The van der Waals surface area contributed by atoms with Gasteiger partial charge in [0.25, 0.3) is 11.8 Å². The molecule has 0 spiro atoms. The third-order valence-electron chi connectivity index (χ3n) is 4.81. The van der Waals surface area contributed by atoms with Gasteiger partial charge in [0.05, 0.1) is 4.47 Å². The molecule has 0 bridgehead atoms. The molecule has 2 aromatic carbocycles. The quantitative estimate of drug-likeness (QED) is 0.443. The summed E-state index contributed by atoms with van der Waals surface area (Å²) < 4.78 is 19.0. The summed E-state index contributed by atoms with van der Waals surface area (Å²) in [5.41, 5.74) is 1.15. The average molecular weight is 486 g/mol. The van der Waals surface area contributed by atoms with Crippen LogP contribution >= 0.6 is 15.9 Å². The standard InChI is InChI=1S/C23H21BrFN3O3/c24-20-12-15(11-16(13-26)23(30)28-18-3-1-2-4-18)5-10-21(20)31-14-22(29)27-19-8-6-17(25)7-9-19/h5-12,18H,1-4,14H2,(H,27,29)(H,28,30)/b16-11-. The molecule has 2 amide bonds. The maximum absolute atomic E-state index is 12.9. The van der Waals surface area contributed by atoms with Crippen molar-refractivity contribution >= 4 is 39.5 Å². The van der Waals surface area contributed by atoms with E-state index in [1.54, 1.807) is 18.2 Å². The maximum Gasteiger partial charge on any atom is 0.262 e. The minimum Gasteiger partial charge on any atom is -0.483 e. The van der Waals surface area contributed by atoms with Crippen LogP contribution in [-0.4, -0.2) is 24.5 Å². The fraction of sp³-hybridized carbons (Fsp3) is 0.261. The summed E-state index contributed by atoms with van der Waals surface area (Å²) in [4.78, 5) is 24.3. The maximum atomic E-state index is 12.9. The van der Waals surface area contributed by atoms with Gasteiger partial charge in [0.2, 0.25) is 0 Å². The van der Waals surface area contributed by atoms with E-state index in [0.29, 0.717) is 21.5 Å². The van der Waals surface area contributed by atoms with Gasteiger partial charge in [-0.25, -0.2) is 4.39 Å². The number of carbonyl (C=O) groups excluding carboxylic acids is 2. The van der Waals surface area contributed by atoms with E-state index in [2.05, 4.69) is 26.6 Å². The van der Waals surface area contributed by atoms with Crippen LogP contribution in [0.3, 0.4) is 0 Å².